The number of anilines is 1. The normalized spacial score (nSPS) is 23.7. The van der Waals surface area contributed by atoms with Crippen molar-refractivity contribution in [3.63, 3.8) is 0 Å². The van der Waals surface area contributed by atoms with Crippen LogP contribution in [0.4, 0.5) is 11.4 Å². The van der Waals surface area contributed by atoms with Gasteiger partial charge in [0.25, 0.3) is 5.69 Å². The molecule has 0 saturated heterocycles. The van der Waals surface area contributed by atoms with E-state index in [0.29, 0.717) is 22.7 Å². The molecule has 2 rings (SSSR count). The van der Waals surface area contributed by atoms with Crippen molar-refractivity contribution in [1.82, 2.24) is 0 Å². The lowest BCUT2D eigenvalue weighted by Gasteiger charge is -2.28. The Kier molecular flexibility index (Phi) is 4.07. The Labute approximate surface area is 111 Å². The standard InChI is InChI=1S/C13H17ClN2O2/c1-9-3-2-4-11(7-9)15-12-8-10(14)5-6-13(12)16(17)18/h5-6,8-9,11,15H,2-4,7H2,1H3. The minimum absolute atomic E-state index is 0.0950. The van der Waals surface area contributed by atoms with Crippen molar-refractivity contribution in [2.75, 3.05) is 5.32 Å². The summed E-state index contributed by atoms with van der Waals surface area (Å²) in [5.74, 6) is 0.675. The van der Waals surface area contributed by atoms with E-state index in [1.54, 1.807) is 12.1 Å². The van der Waals surface area contributed by atoms with Crippen LogP contribution in [0.3, 0.4) is 0 Å². The van der Waals surface area contributed by atoms with Gasteiger partial charge in [0.15, 0.2) is 0 Å². The van der Waals surface area contributed by atoms with Gasteiger partial charge in [0.2, 0.25) is 0 Å². The molecular formula is C13H17ClN2O2. The fraction of sp³-hybridized carbons (Fsp3) is 0.538. The van der Waals surface area contributed by atoms with Gasteiger partial charge in [-0.1, -0.05) is 31.4 Å². The summed E-state index contributed by atoms with van der Waals surface area (Å²) in [5.41, 5.74) is 0.629. The van der Waals surface area contributed by atoms with Gasteiger partial charge in [-0.15, -0.1) is 0 Å². The molecule has 0 bridgehead atoms. The van der Waals surface area contributed by atoms with E-state index in [2.05, 4.69) is 12.2 Å². The van der Waals surface area contributed by atoms with E-state index in [9.17, 15) is 10.1 Å². The zero-order chi connectivity index (χ0) is 13.1. The van der Waals surface area contributed by atoms with Crippen molar-refractivity contribution in [1.29, 1.82) is 0 Å². The lowest BCUT2D eigenvalue weighted by atomic mass is 9.87. The summed E-state index contributed by atoms with van der Waals surface area (Å²) in [7, 11) is 0. The van der Waals surface area contributed by atoms with E-state index in [1.165, 1.54) is 18.9 Å². The van der Waals surface area contributed by atoms with Crippen LogP contribution in [0.25, 0.3) is 0 Å². The highest BCUT2D eigenvalue weighted by molar-refractivity contribution is 6.31. The number of nitrogens with zero attached hydrogens (tertiary/aromatic N) is 1. The predicted molar refractivity (Wildman–Crippen MR) is 73.1 cm³/mol. The molecular weight excluding hydrogens is 252 g/mol. The Balaban J connectivity index is 2.16. The van der Waals surface area contributed by atoms with Crippen LogP contribution in [0.5, 0.6) is 0 Å². The number of benzene rings is 1. The highest BCUT2D eigenvalue weighted by Gasteiger charge is 2.22. The zero-order valence-electron chi connectivity index (χ0n) is 10.4. The van der Waals surface area contributed by atoms with Gasteiger partial charge in [0.05, 0.1) is 4.92 Å². The third kappa shape index (κ3) is 3.13. The number of hydrogen-bond donors (Lipinski definition) is 1. The van der Waals surface area contributed by atoms with Gasteiger partial charge >= 0.3 is 0 Å². The number of nitro benzene ring substituents is 1. The fourth-order valence-corrected chi connectivity index (χ4v) is 2.74. The maximum absolute atomic E-state index is 11.0. The van der Waals surface area contributed by atoms with Crippen LogP contribution in [0.1, 0.15) is 32.6 Å². The third-order valence-electron chi connectivity index (χ3n) is 3.45. The Hall–Kier alpha value is -1.29. The molecule has 2 atom stereocenters. The fourth-order valence-electron chi connectivity index (χ4n) is 2.57. The first-order valence-corrected chi connectivity index (χ1v) is 6.64. The summed E-state index contributed by atoms with van der Waals surface area (Å²) < 4.78 is 0. The van der Waals surface area contributed by atoms with Crippen molar-refractivity contribution in [2.24, 2.45) is 5.92 Å². The minimum Gasteiger partial charge on any atom is -0.377 e. The van der Waals surface area contributed by atoms with Gasteiger partial charge in [0.1, 0.15) is 5.69 Å². The van der Waals surface area contributed by atoms with Crippen molar-refractivity contribution in [3.05, 3.63) is 33.3 Å². The first-order valence-electron chi connectivity index (χ1n) is 6.26. The third-order valence-corrected chi connectivity index (χ3v) is 3.69. The molecule has 0 spiro atoms. The van der Waals surface area contributed by atoms with Crippen LogP contribution >= 0.6 is 11.6 Å². The largest absolute Gasteiger partial charge is 0.377 e. The Morgan fingerprint density at radius 2 is 2.22 bits per heavy atom. The topological polar surface area (TPSA) is 55.2 Å². The highest BCUT2D eigenvalue weighted by atomic mass is 35.5. The highest BCUT2D eigenvalue weighted by Crippen LogP contribution is 2.32. The molecule has 98 valence electrons. The number of nitrogens with one attached hydrogen (secondary N) is 1. The van der Waals surface area contributed by atoms with Gasteiger partial charge < -0.3 is 5.32 Å². The van der Waals surface area contributed by atoms with Crippen LogP contribution in [0, 0.1) is 16.0 Å². The van der Waals surface area contributed by atoms with Crippen LogP contribution in [0.15, 0.2) is 18.2 Å². The molecule has 1 aliphatic carbocycles. The van der Waals surface area contributed by atoms with E-state index in [1.807, 2.05) is 0 Å². The summed E-state index contributed by atoms with van der Waals surface area (Å²) >= 11 is 5.91. The lowest BCUT2D eigenvalue weighted by molar-refractivity contribution is -0.384. The van der Waals surface area contributed by atoms with E-state index in [0.717, 1.165) is 12.8 Å². The van der Waals surface area contributed by atoms with Gasteiger partial charge in [-0.25, -0.2) is 0 Å². The molecule has 1 aromatic carbocycles. The molecule has 1 saturated carbocycles. The van der Waals surface area contributed by atoms with Crippen LogP contribution in [-0.4, -0.2) is 11.0 Å². The second-order valence-corrected chi connectivity index (χ2v) is 5.47. The molecule has 5 heteroatoms. The molecule has 1 aliphatic rings. The van der Waals surface area contributed by atoms with E-state index in [4.69, 9.17) is 11.6 Å². The molecule has 1 aromatic rings. The minimum atomic E-state index is -0.370. The Bertz CT molecular complexity index is 451. The second-order valence-electron chi connectivity index (χ2n) is 5.03. The second kappa shape index (κ2) is 5.57. The van der Waals surface area contributed by atoms with E-state index < -0.39 is 0 Å². The molecule has 0 heterocycles. The predicted octanol–water partition coefficient (Wildman–Crippen LogP) is 4.24. The summed E-state index contributed by atoms with van der Waals surface area (Å²) in [6, 6.07) is 4.95. The quantitative estimate of drug-likeness (QED) is 0.659. The molecule has 1 N–H and O–H groups in total. The summed E-state index contributed by atoms with van der Waals surface area (Å²) in [6.45, 7) is 2.22. The first kappa shape index (κ1) is 13.1. The van der Waals surface area contributed by atoms with Crippen LogP contribution < -0.4 is 5.32 Å². The maximum Gasteiger partial charge on any atom is 0.292 e. The number of hydrogen-bond acceptors (Lipinski definition) is 3. The zero-order valence-corrected chi connectivity index (χ0v) is 11.1. The van der Waals surface area contributed by atoms with Crippen molar-refractivity contribution in [2.45, 2.75) is 38.6 Å². The molecule has 0 radical (unpaired) electrons. The van der Waals surface area contributed by atoms with Gasteiger partial charge in [0, 0.05) is 17.1 Å². The summed E-state index contributed by atoms with van der Waals surface area (Å²) in [5, 5.41) is 14.8. The molecule has 4 nitrogen and oxygen atoms in total. The van der Waals surface area contributed by atoms with E-state index in [-0.39, 0.29) is 10.6 Å². The molecule has 1 fully saturated rings. The van der Waals surface area contributed by atoms with Gasteiger partial charge in [-0.2, -0.15) is 0 Å². The SMILES string of the molecule is CC1CCCC(Nc2cc(Cl)ccc2[N+](=O)[O-])C1. The summed E-state index contributed by atoms with van der Waals surface area (Å²) in [4.78, 5) is 10.6. The first-order chi connectivity index (χ1) is 8.56. The van der Waals surface area contributed by atoms with Crippen molar-refractivity contribution in [3.8, 4) is 0 Å². The van der Waals surface area contributed by atoms with Gasteiger partial charge in [-0.05, 0) is 30.9 Å². The van der Waals surface area contributed by atoms with Crippen LogP contribution in [-0.2, 0) is 0 Å². The molecule has 0 aliphatic heterocycles. The maximum atomic E-state index is 11.0. The average molecular weight is 269 g/mol. The Morgan fingerprint density at radius 1 is 1.44 bits per heavy atom. The smallest absolute Gasteiger partial charge is 0.292 e. The van der Waals surface area contributed by atoms with Crippen LogP contribution in [0.2, 0.25) is 5.02 Å². The molecule has 0 amide bonds. The monoisotopic (exact) mass is 268 g/mol. The molecule has 2 unspecified atom stereocenters. The van der Waals surface area contributed by atoms with Crippen molar-refractivity contribution >= 4 is 23.0 Å². The van der Waals surface area contributed by atoms with E-state index >= 15 is 0 Å². The number of nitro groups is 1. The number of rotatable bonds is 3. The number of halogens is 1. The molecule has 0 aromatic heterocycles. The van der Waals surface area contributed by atoms with Crippen molar-refractivity contribution < 1.29 is 4.92 Å². The average Bonchev–Trinajstić information content (AvgIpc) is 2.28. The Morgan fingerprint density at radius 3 is 2.89 bits per heavy atom. The summed E-state index contributed by atoms with van der Waals surface area (Å²) in [6.07, 6.45) is 4.54. The van der Waals surface area contributed by atoms with Gasteiger partial charge in [-0.3, -0.25) is 10.1 Å². The lowest BCUT2D eigenvalue weighted by Crippen LogP contribution is -2.26. The molecule has 18 heavy (non-hydrogen) atoms.